The number of ether oxygens (including phenoxy) is 1. The van der Waals surface area contributed by atoms with Gasteiger partial charge in [-0.15, -0.1) is 0 Å². The van der Waals surface area contributed by atoms with Gasteiger partial charge in [-0.2, -0.15) is 0 Å². The van der Waals surface area contributed by atoms with Crippen molar-refractivity contribution in [3.8, 4) is 0 Å². The molecule has 0 atom stereocenters. The van der Waals surface area contributed by atoms with Crippen LogP contribution >= 0.6 is 0 Å². The molecule has 0 aliphatic heterocycles. The summed E-state index contributed by atoms with van der Waals surface area (Å²) in [7, 11) is 0. The summed E-state index contributed by atoms with van der Waals surface area (Å²) in [6, 6.07) is 17.5. The van der Waals surface area contributed by atoms with Crippen LogP contribution < -0.4 is 5.32 Å². The smallest absolute Gasteiger partial charge is 0.306 e. The molecule has 2 aromatic rings. The molecule has 0 unspecified atom stereocenters. The molecule has 2 aromatic carbocycles. The fourth-order valence-corrected chi connectivity index (χ4v) is 2.16. The molecule has 0 saturated heterocycles. The van der Waals surface area contributed by atoms with Gasteiger partial charge in [0.05, 0.1) is 0 Å². The van der Waals surface area contributed by atoms with Crippen molar-refractivity contribution in [2.75, 3.05) is 6.61 Å². The van der Waals surface area contributed by atoms with Crippen molar-refractivity contribution in [3.05, 3.63) is 71.3 Å². The highest BCUT2D eigenvalue weighted by Crippen LogP contribution is 2.06. The molecular formula is C19H21NO3. The minimum Gasteiger partial charge on any atom is -0.456 e. The van der Waals surface area contributed by atoms with Gasteiger partial charge < -0.3 is 10.1 Å². The maximum Gasteiger partial charge on any atom is 0.306 e. The van der Waals surface area contributed by atoms with Crippen LogP contribution in [0.2, 0.25) is 0 Å². The van der Waals surface area contributed by atoms with E-state index in [4.69, 9.17) is 4.74 Å². The topological polar surface area (TPSA) is 55.4 Å². The number of hydrogen-bond donors (Lipinski definition) is 1. The number of benzene rings is 2. The molecule has 1 amide bonds. The highest BCUT2D eigenvalue weighted by molar-refractivity contribution is 5.80. The third-order valence-corrected chi connectivity index (χ3v) is 3.56. The average molecular weight is 311 g/mol. The summed E-state index contributed by atoms with van der Waals surface area (Å²) in [6.07, 6.45) is 0.888. The Hall–Kier alpha value is -2.62. The van der Waals surface area contributed by atoms with E-state index in [0.717, 1.165) is 16.7 Å². The lowest BCUT2D eigenvalue weighted by Crippen LogP contribution is -2.28. The van der Waals surface area contributed by atoms with Gasteiger partial charge in [-0.3, -0.25) is 9.59 Å². The molecule has 120 valence electrons. The summed E-state index contributed by atoms with van der Waals surface area (Å²) in [5.74, 6) is -0.652. The van der Waals surface area contributed by atoms with Crippen LogP contribution in [0.25, 0.3) is 0 Å². The van der Waals surface area contributed by atoms with E-state index in [9.17, 15) is 9.59 Å². The van der Waals surface area contributed by atoms with Crippen LogP contribution in [-0.2, 0) is 27.3 Å². The van der Waals surface area contributed by atoms with E-state index in [2.05, 4.69) is 5.32 Å². The standard InChI is InChI=1S/C19H21NO3/c1-15-7-5-6-10-17(15)13-20-18(21)14-23-19(22)12-11-16-8-3-2-4-9-16/h2-10H,11-14H2,1H3,(H,20,21). The molecular weight excluding hydrogens is 290 g/mol. The highest BCUT2D eigenvalue weighted by atomic mass is 16.5. The Balaban J connectivity index is 1.66. The largest absolute Gasteiger partial charge is 0.456 e. The average Bonchev–Trinajstić information content (AvgIpc) is 2.58. The summed E-state index contributed by atoms with van der Waals surface area (Å²) in [6.45, 7) is 2.19. The Bertz CT molecular complexity index is 653. The van der Waals surface area contributed by atoms with Crippen LogP contribution in [0, 0.1) is 6.92 Å². The number of esters is 1. The molecule has 0 bridgehead atoms. The van der Waals surface area contributed by atoms with Crippen LogP contribution in [0.15, 0.2) is 54.6 Å². The minimum atomic E-state index is -0.361. The van der Waals surface area contributed by atoms with Crippen molar-refractivity contribution in [1.29, 1.82) is 0 Å². The monoisotopic (exact) mass is 311 g/mol. The van der Waals surface area contributed by atoms with Crippen molar-refractivity contribution in [2.24, 2.45) is 0 Å². The molecule has 4 heteroatoms. The molecule has 0 heterocycles. The fraction of sp³-hybridized carbons (Fsp3) is 0.263. The summed E-state index contributed by atoms with van der Waals surface area (Å²) in [5, 5.41) is 2.75. The summed E-state index contributed by atoms with van der Waals surface area (Å²) >= 11 is 0. The second-order valence-corrected chi connectivity index (χ2v) is 5.35. The van der Waals surface area contributed by atoms with Gasteiger partial charge >= 0.3 is 5.97 Å². The van der Waals surface area contributed by atoms with Gasteiger partial charge in [0.2, 0.25) is 0 Å². The number of carbonyl (C=O) groups excluding carboxylic acids is 2. The highest BCUT2D eigenvalue weighted by Gasteiger charge is 2.08. The van der Waals surface area contributed by atoms with E-state index in [1.807, 2.05) is 61.5 Å². The third-order valence-electron chi connectivity index (χ3n) is 3.56. The molecule has 1 N–H and O–H groups in total. The van der Waals surface area contributed by atoms with E-state index in [-0.39, 0.29) is 24.9 Å². The summed E-state index contributed by atoms with van der Waals surface area (Å²) in [5.41, 5.74) is 3.25. The van der Waals surface area contributed by atoms with E-state index >= 15 is 0 Å². The number of rotatable bonds is 7. The molecule has 0 fully saturated rings. The molecule has 2 rings (SSSR count). The number of carbonyl (C=O) groups is 2. The molecule has 0 aliphatic carbocycles. The molecule has 0 spiro atoms. The number of nitrogens with one attached hydrogen (secondary N) is 1. The van der Waals surface area contributed by atoms with Crippen molar-refractivity contribution < 1.29 is 14.3 Å². The maximum absolute atomic E-state index is 11.7. The lowest BCUT2D eigenvalue weighted by Gasteiger charge is -2.08. The van der Waals surface area contributed by atoms with Crippen LogP contribution in [-0.4, -0.2) is 18.5 Å². The first-order valence-corrected chi connectivity index (χ1v) is 7.66. The first-order chi connectivity index (χ1) is 11.1. The zero-order valence-electron chi connectivity index (χ0n) is 13.2. The lowest BCUT2D eigenvalue weighted by molar-refractivity contribution is -0.148. The molecule has 0 radical (unpaired) electrons. The molecule has 4 nitrogen and oxygen atoms in total. The molecule has 23 heavy (non-hydrogen) atoms. The minimum absolute atomic E-state index is 0.237. The van der Waals surface area contributed by atoms with E-state index in [1.54, 1.807) is 0 Å². The van der Waals surface area contributed by atoms with Crippen LogP contribution in [0.1, 0.15) is 23.1 Å². The zero-order chi connectivity index (χ0) is 16.5. The van der Waals surface area contributed by atoms with Crippen LogP contribution in [0.3, 0.4) is 0 Å². The Morgan fingerprint density at radius 3 is 2.43 bits per heavy atom. The number of hydrogen-bond acceptors (Lipinski definition) is 3. The Kier molecular flexibility index (Phi) is 6.36. The van der Waals surface area contributed by atoms with Gasteiger partial charge in [0.25, 0.3) is 5.91 Å². The van der Waals surface area contributed by atoms with Crippen LogP contribution in [0.5, 0.6) is 0 Å². The van der Waals surface area contributed by atoms with Gasteiger partial charge in [-0.25, -0.2) is 0 Å². The SMILES string of the molecule is Cc1ccccc1CNC(=O)COC(=O)CCc1ccccc1. The Morgan fingerprint density at radius 2 is 1.70 bits per heavy atom. The second kappa shape index (κ2) is 8.73. The fourth-order valence-electron chi connectivity index (χ4n) is 2.16. The zero-order valence-corrected chi connectivity index (χ0v) is 13.2. The third kappa shape index (κ3) is 5.94. The molecule has 0 aliphatic rings. The first kappa shape index (κ1) is 16.7. The van der Waals surface area contributed by atoms with E-state index in [1.165, 1.54) is 0 Å². The van der Waals surface area contributed by atoms with E-state index in [0.29, 0.717) is 13.0 Å². The van der Waals surface area contributed by atoms with Gasteiger partial charge in [-0.1, -0.05) is 54.6 Å². The normalized spacial score (nSPS) is 10.1. The second-order valence-electron chi connectivity index (χ2n) is 5.35. The van der Waals surface area contributed by atoms with Gasteiger partial charge in [0, 0.05) is 13.0 Å². The molecule has 0 aromatic heterocycles. The molecule has 0 saturated carbocycles. The van der Waals surface area contributed by atoms with Crippen molar-refractivity contribution in [3.63, 3.8) is 0 Å². The first-order valence-electron chi connectivity index (χ1n) is 7.66. The summed E-state index contributed by atoms with van der Waals surface area (Å²) < 4.78 is 4.99. The number of amides is 1. The van der Waals surface area contributed by atoms with Crippen molar-refractivity contribution >= 4 is 11.9 Å². The van der Waals surface area contributed by atoms with Crippen LogP contribution in [0.4, 0.5) is 0 Å². The quantitative estimate of drug-likeness (QED) is 0.800. The summed E-state index contributed by atoms with van der Waals surface area (Å²) in [4.78, 5) is 23.4. The van der Waals surface area contributed by atoms with Gasteiger partial charge in [0.15, 0.2) is 6.61 Å². The predicted octanol–water partition coefficient (Wildman–Crippen LogP) is 2.79. The van der Waals surface area contributed by atoms with Crippen molar-refractivity contribution in [1.82, 2.24) is 5.32 Å². The Labute approximate surface area is 136 Å². The van der Waals surface area contributed by atoms with Gasteiger partial charge in [-0.05, 0) is 30.0 Å². The van der Waals surface area contributed by atoms with Gasteiger partial charge in [0.1, 0.15) is 0 Å². The lowest BCUT2D eigenvalue weighted by atomic mass is 10.1. The Morgan fingerprint density at radius 1 is 1.00 bits per heavy atom. The predicted molar refractivity (Wildman–Crippen MR) is 88.7 cm³/mol. The maximum atomic E-state index is 11.7. The van der Waals surface area contributed by atoms with E-state index < -0.39 is 0 Å². The van der Waals surface area contributed by atoms with Crippen molar-refractivity contribution in [2.45, 2.75) is 26.3 Å². The number of aryl methyl sites for hydroxylation is 2.